The second-order valence-electron chi connectivity index (χ2n) is 7.24. The summed E-state index contributed by atoms with van der Waals surface area (Å²) in [7, 11) is 0. The van der Waals surface area contributed by atoms with E-state index in [0.29, 0.717) is 0 Å². The maximum Gasteiger partial charge on any atom is 0.260 e. The molecule has 2 nitrogen and oxygen atoms in total. The van der Waals surface area contributed by atoms with Gasteiger partial charge in [-0.2, -0.15) is 0 Å². The molecule has 3 heteroatoms. The first-order valence-corrected chi connectivity index (χ1v) is 9.46. The highest BCUT2D eigenvalue weighted by Gasteiger charge is 2.40. The molecule has 27 heavy (non-hydrogen) atoms. The van der Waals surface area contributed by atoms with Gasteiger partial charge in [0.25, 0.3) is 6.71 Å². The van der Waals surface area contributed by atoms with Crippen molar-refractivity contribution in [3.63, 3.8) is 0 Å². The van der Waals surface area contributed by atoms with Gasteiger partial charge in [0, 0.05) is 11.9 Å². The van der Waals surface area contributed by atoms with Crippen LogP contribution in [0.1, 0.15) is 12.8 Å². The number of hydrogen-bond donors (Lipinski definition) is 0. The highest BCUT2D eigenvalue weighted by Crippen LogP contribution is 2.38. The van der Waals surface area contributed by atoms with Gasteiger partial charge in [-0.3, -0.25) is 0 Å². The molecule has 0 bridgehead atoms. The number of ether oxygens (including phenoxy) is 2. The fourth-order valence-electron chi connectivity index (χ4n) is 4.42. The minimum Gasteiger partial charge on any atom is -0.463 e. The normalized spacial score (nSPS) is 16.1. The fourth-order valence-corrected chi connectivity index (χ4v) is 4.42. The van der Waals surface area contributed by atoms with Crippen molar-refractivity contribution >= 4 is 17.6 Å². The van der Waals surface area contributed by atoms with Crippen LogP contribution in [0.15, 0.2) is 90.1 Å². The largest absolute Gasteiger partial charge is 0.463 e. The summed E-state index contributed by atoms with van der Waals surface area (Å²) in [6, 6.07) is 23.2. The topological polar surface area (TPSA) is 18.5 Å². The van der Waals surface area contributed by atoms with Gasteiger partial charge in [0.05, 0.1) is 5.76 Å². The van der Waals surface area contributed by atoms with Crippen LogP contribution in [0.25, 0.3) is 11.1 Å². The molecule has 2 aliphatic heterocycles. The average Bonchev–Trinajstić information content (AvgIpc) is 2.74. The molecule has 0 amide bonds. The molecule has 3 aromatic rings. The highest BCUT2D eigenvalue weighted by molar-refractivity contribution is 6.93. The molecule has 2 heterocycles. The monoisotopic (exact) mass is 348 g/mol. The Labute approximate surface area is 158 Å². The predicted octanol–water partition coefficient (Wildman–Crippen LogP) is 4.60. The smallest absolute Gasteiger partial charge is 0.260 e. The molecule has 6 rings (SSSR count). The summed E-state index contributed by atoms with van der Waals surface area (Å²) in [5, 5.41) is 0. The van der Waals surface area contributed by atoms with Crippen molar-refractivity contribution in [3.8, 4) is 28.4 Å². The maximum absolute atomic E-state index is 6.34. The molecule has 0 spiro atoms. The van der Waals surface area contributed by atoms with E-state index in [2.05, 4.69) is 60.7 Å². The summed E-state index contributed by atoms with van der Waals surface area (Å²) in [6.45, 7) is 0.185. The number of rotatable bonds is 1. The van der Waals surface area contributed by atoms with E-state index in [9.17, 15) is 0 Å². The van der Waals surface area contributed by atoms with Crippen molar-refractivity contribution in [2.24, 2.45) is 0 Å². The van der Waals surface area contributed by atoms with E-state index in [1.165, 1.54) is 22.1 Å². The summed E-state index contributed by atoms with van der Waals surface area (Å²) in [5.74, 6) is 3.89. The molecule has 3 aromatic carbocycles. The Balaban J connectivity index is 1.56. The Morgan fingerprint density at radius 3 is 2.48 bits per heavy atom. The number of allylic oxidation sites excluding steroid dienone is 4. The van der Waals surface area contributed by atoms with Crippen molar-refractivity contribution in [2.45, 2.75) is 12.8 Å². The molecule has 0 atom stereocenters. The van der Waals surface area contributed by atoms with Crippen LogP contribution in [0.4, 0.5) is 0 Å². The molecule has 1 aliphatic carbocycles. The molecule has 0 saturated carbocycles. The molecule has 0 unspecified atom stereocenters. The molecule has 0 aromatic heterocycles. The van der Waals surface area contributed by atoms with Gasteiger partial charge in [0.1, 0.15) is 17.2 Å². The molecular formula is C24H17BO2. The molecule has 0 radical (unpaired) electrons. The molecule has 0 N–H and O–H groups in total. The molecule has 0 saturated heterocycles. The lowest BCUT2D eigenvalue weighted by Crippen LogP contribution is -2.51. The maximum atomic E-state index is 6.34. The van der Waals surface area contributed by atoms with Gasteiger partial charge >= 0.3 is 0 Å². The zero-order valence-electron chi connectivity index (χ0n) is 14.8. The SMILES string of the molecule is C1=CC2=C(CC1)Oc1cccc3c1B2c1ccc(-c2ccccc2)cc1O3. The van der Waals surface area contributed by atoms with Gasteiger partial charge in [-0.15, -0.1) is 0 Å². The lowest BCUT2D eigenvalue weighted by molar-refractivity contribution is 0.396. The predicted molar refractivity (Wildman–Crippen MR) is 109 cm³/mol. The quantitative estimate of drug-likeness (QED) is 0.598. The third kappa shape index (κ3) is 2.21. The van der Waals surface area contributed by atoms with E-state index in [1.54, 1.807) is 0 Å². The van der Waals surface area contributed by atoms with Crippen LogP contribution in [0.3, 0.4) is 0 Å². The highest BCUT2D eigenvalue weighted by atomic mass is 16.5. The fraction of sp³-hybridized carbons (Fsp3) is 0.0833. The van der Waals surface area contributed by atoms with E-state index < -0.39 is 0 Å². The Bertz CT molecular complexity index is 1130. The van der Waals surface area contributed by atoms with E-state index in [0.717, 1.165) is 41.3 Å². The van der Waals surface area contributed by atoms with Crippen molar-refractivity contribution in [3.05, 3.63) is 90.1 Å². The molecule has 0 fully saturated rings. The summed E-state index contributed by atoms with van der Waals surface area (Å²) in [5.41, 5.74) is 6.03. The van der Waals surface area contributed by atoms with Crippen LogP contribution in [-0.2, 0) is 0 Å². The van der Waals surface area contributed by atoms with Gasteiger partial charge in [-0.25, -0.2) is 0 Å². The minimum absolute atomic E-state index is 0.185. The standard InChI is InChI=1S/C24H17BO2/c1-2-7-16(8-3-1)17-13-14-19-23(15-17)27-22-12-6-11-21-24(22)25(19)18-9-4-5-10-20(18)26-21/h1-4,6-9,11-15H,5,10H2. The van der Waals surface area contributed by atoms with Gasteiger partial charge < -0.3 is 9.47 Å². The molecule has 3 aliphatic rings. The first-order chi connectivity index (χ1) is 13.4. The zero-order chi connectivity index (χ0) is 17.8. The van der Waals surface area contributed by atoms with Crippen LogP contribution in [-0.4, -0.2) is 6.71 Å². The van der Waals surface area contributed by atoms with Gasteiger partial charge in [-0.05, 0) is 46.7 Å². The summed E-state index contributed by atoms with van der Waals surface area (Å²) in [4.78, 5) is 0. The summed E-state index contributed by atoms with van der Waals surface area (Å²) >= 11 is 0. The van der Waals surface area contributed by atoms with Crippen LogP contribution in [0, 0.1) is 0 Å². The Hall–Kier alpha value is -3.20. The number of hydrogen-bond acceptors (Lipinski definition) is 2. The number of fused-ring (bicyclic) bond motifs is 3. The van der Waals surface area contributed by atoms with E-state index >= 15 is 0 Å². The van der Waals surface area contributed by atoms with E-state index in [1.807, 2.05) is 18.2 Å². The lowest BCUT2D eigenvalue weighted by Gasteiger charge is -2.34. The van der Waals surface area contributed by atoms with Gasteiger partial charge in [0.2, 0.25) is 0 Å². The Kier molecular flexibility index (Phi) is 3.12. The first-order valence-electron chi connectivity index (χ1n) is 9.46. The Morgan fingerprint density at radius 1 is 0.741 bits per heavy atom. The first kappa shape index (κ1) is 14.9. The molecule has 128 valence electrons. The lowest BCUT2D eigenvalue weighted by atomic mass is 9.34. The summed E-state index contributed by atoms with van der Waals surface area (Å²) in [6.07, 6.45) is 6.49. The van der Waals surface area contributed by atoms with Gasteiger partial charge in [-0.1, -0.05) is 60.7 Å². The molecular weight excluding hydrogens is 331 g/mol. The number of benzene rings is 3. The van der Waals surface area contributed by atoms with Crippen LogP contribution in [0.2, 0.25) is 0 Å². The summed E-state index contributed by atoms with van der Waals surface area (Å²) < 4.78 is 12.6. The van der Waals surface area contributed by atoms with Crippen molar-refractivity contribution in [1.82, 2.24) is 0 Å². The van der Waals surface area contributed by atoms with E-state index in [-0.39, 0.29) is 6.71 Å². The zero-order valence-corrected chi connectivity index (χ0v) is 14.8. The Morgan fingerprint density at radius 2 is 1.59 bits per heavy atom. The van der Waals surface area contributed by atoms with Crippen LogP contribution >= 0.6 is 0 Å². The average molecular weight is 348 g/mol. The van der Waals surface area contributed by atoms with Gasteiger partial charge in [0.15, 0.2) is 0 Å². The van der Waals surface area contributed by atoms with Crippen LogP contribution < -0.4 is 20.4 Å². The second kappa shape index (κ2) is 5.65. The van der Waals surface area contributed by atoms with Crippen molar-refractivity contribution in [2.75, 3.05) is 0 Å². The van der Waals surface area contributed by atoms with Crippen LogP contribution in [0.5, 0.6) is 17.2 Å². The van der Waals surface area contributed by atoms with Crippen molar-refractivity contribution < 1.29 is 9.47 Å². The minimum atomic E-state index is 0.185. The van der Waals surface area contributed by atoms with E-state index in [4.69, 9.17) is 9.47 Å². The second-order valence-corrected chi connectivity index (χ2v) is 7.24. The third-order valence-corrected chi connectivity index (χ3v) is 5.67. The third-order valence-electron chi connectivity index (χ3n) is 5.67. The van der Waals surface area contributed by atoms with Crippen molar-refractivity contribution in [1.29, 1.82) is 0 Å².